The number of ether oxygens (including phenoxy) is 1. The van der Waals surface area contributed by atoms with Crippen molar-refractivity contribution in [3.05, 3.63) is 35.9 Å². The van der Waals surface area contributed by atoms with Crippen LogP contribution in [0.3, 0.4) is 0 Å². The summed E-state index contributed by atoms with van der Waals surface area (Å²) in [6.45, 7) is -0.789. The number of benzene rings is 1. The second-order valence-electron chi connectivity index (χ2n) is 4.05. The predicted molar refractivity (Wildman–Crippen MR) is 73.8 cm³/mol. The molecule has 0 spiro atoms. The van der Waals surface area contributed by atoms with Crippen molar-refractivity contribution in [2.24, 2.45) is 0 Å². The zero-order chi connectivity index (χ0) is 15.7. The van der Waals surface area contributed by atoms with E-state index in [0.29, 0.717) is 18.7 Å². The number of carbonyl (C=O) groups excluding carboxylic acids is 2. The van der Waals surface area contributed by atoms with Crippen molar-refractivity contribution in [2.75, 3.05) is 13.1 Å². The van der Waals surface area contributed by atoms with Crippen LogP contribution in [0.4, 0.5) is 8.78 Å². The summed E-state index contributed by atoms with van der Waals surface area (Å²) in [6.07, 6.45) is 2.86. The van der Waals surface area contributed by atoms with Gasteiger partial charge in [-0.1, -0.05) is 12.1 Å². The largest absolute Gasteiger partial charge is 0.435 e. The van der Waals surface area contributed by atoms with E-state index in [1.807, 2.05) is 0 Å². The Bertz CT molecular complexity index is 501. The molecule has 0 aliphatic heterocycles. The lowest BCUT2D eigenvalue weighted by Gasteiger charge is -2.04. The van der Waals surface area contributed by atoms with Crippen LogP contribution in [0.2, 0.25) is 0 Å². The topological polar surface area (TPSA) is 67.4 Å². The second kappa shape index (κ2) is 8.68. The van der Waals surface area contributed by atoms with Gasteiger partial charge in [0.2, 0.25) is 11.8 Å². The molecule has 0 aromatic heterocycles. The SMILES string of the molecule is CC(=O)NCCNC(=O)/C=C/c1ccc(OC(F)F)cc1. The zero-order valence-corrected chi connectivity index (χ0v) is 11.4. The Labute approximate surface area is 121 Å². The molecule has 2 amide bonds. The average Bonchev–Trinajstić information content (AvgIpc) is 2.42. The van der Waals surface area contributed by atoms with E-state index in [-0.39, 0.29) is 17.6 Å². The highest BCUT2D eigenvalue weighted by Gasteiger charge is 2.03. The molecule has 0 unspecified atom stereocenters. The number of nitrogens with one attached hydrogen (secondary N) is 2. The Hall–Kier alpha value is -2.44. The normalized spacial score (nSPS) is 10.7. The van der Waals surface area contributed by atoms with E-state index in [4.69, 9.17) is 0 Å². The van der Waals surface area contributed by atoms with Crippen molar-refractivity contribution in [3.8, 4) is 5.75 Å². The molecule has 0 atom stereocenters. The fourth-order valence-electron chi connectivity index (χ4n) is 1.42. The van der Waals surface area contributed by atoms with Crippen LogP contribution in [0.25, 0.3) is 6.08 Å². The molecule has 1 aromatic rings. The van der Waals surface area contributed by atoms with E-state index < -0.39 is 6.61 Å². The molecule has 7 heteroatoms. The van der Waals surface area contributed by atoms with Crippen molar-refractivity contribution in [1.82, 2.24) is 10.6 Å². The van der Waals surface area contributed by atoms with Gasteiger partial charge in [-0.25, -0.2) is 0 Å². The molecular formula is C14H16F2N2O3. The summed E-state index contributed by atoms with van der Waals surface area (Å²) in [4.78, 5) is 22.0. The van der Waals surface area contributed by atoms with E-state index in [0.717, 1.165) is 0 Å². The first-order valence-corrected chi connectivity index (χ1v) is 6.22. The fourth-order valence-corrected chi connectivity index (χ4v) is 1.42. The third-order valence-corrected chi connectivity index (χ3v) is 2.33. The summed E-state index contributed by atoms with van der Waals surface area (Å²) in [5.74, 6) is -0.416. The number of rotatable bonds is 7. The Balaban J connectivity index is 2.38. The van der Waals surface area contributed by atoms with Crippen molar-refractivity contribution in [3.63, 3.8) is 0 Å². The van der Waals surface area contributed by atoms with Crippen molar-refractivity contribution in [1.29, 1.82) is 0 Å². The molecule has 0 heterocycles. The van der Waals surface area contributed by atoms with Crippen LogP contribution in [-0.4, -0.2) is 31.5 Å². The van der Waals surface area contributed by atoms with Gasteiger partial charge in [0, 0.05) is 26.1 Å². The number of amides is 2. The fraction of sp³-hybridized carbons (Fsp3) is 0.286. The summed E-state index contributed by atoms with van der Waals surface area (Å²) >= 11 is 0. The Morgan fingerprint density at radius 2 is 1.81 bits per heavy atom. The lowest BCUT2D eigenvalue weighted by atomic mass is 10.2. The minimum Gasteiger partial charge on any atom is -0.435 e. The van der Waals surface area contributed by atoms with Crippen LogP contribution in [0.1, 0.15) is 12.5 Å². The summed E-state index contributed by atoms with van der Waals surface area (Å²) in [7, 11) is 0. The smallest absolute Gasteiger partial charge is 0.387 e. The van der Waals surface area contributed by atoms with Gasteiger partial charge in [-0.2, -0.15) is 8.78 Å². The maximum absolute atomic E-state index is 12.0. The van der Waals surface area contributed by atoms with Crippen LogP contribution >= 0.6 is 0 Å². The predicted octanol–water partition coefficient (Wildman–Crippen LogP) is 1.55. The molecule has 0 aliphatic carbocycles. The molecule has 1 aromatic carbocycles. The van der Waals surface area contributed by atoms with Crippen LogP contribution in [-0.2, 0) is 9.59 Å². The summed E-state index contributed by atoms with van der Waals surface area (Å²) in [6, 6.07) is 5.89. The van der Waals surface area contributed by atoms with Gasteiger partial charge in [-0.05, 0) is 23.8 Å². The van der Waals surface area contributed by atoms with Gasteiger partial charge in [0.15, 0.2) is 0 Å². The van der Waals surface area contributed by atoms with Gasteiger partial charge in [-0.15, -0.1) is 0 Å². The Kier molecular flexibility index (Phi) is 6.86. The van der Waals surface area contributed by atoms with Crippen LogP contribution in [0.15, 0.2) is 30.3 Å². The van der Waals surface area contributed by atoms with E-state index in [1.165, 1.54) is 25.1 Å². The summed E-state index contributed by atoms with van der Waals surface area (Å²) in [5.41, 5.74) is 0.675. The minimum atomic E-state index is -2.86. The summed E-state index contributed by atoms with van der Waals surface area (Å²) < 4.78 is 28.1. The molecule has 114 valence electrons. The standard InChI is InChI=1S/C14H16F2N2O3/c1-10(19)17-8-9-18-13(20)7-4-11-2-5-12(6-3-11)21-14(15)16/h2-7,14H,8-9H2,1H3,(H,17,19)(H,18,20)/b7-4+. The highest BCUT2D eigenvalue weighted by molar-refractivity contribution is 5.91. The van der Waals surface area contributed by atoms with Gasteiger partial charge < -0.3 is 15.4 Å². The molecule has 2 N–H and O–H groups in total. The number of halogens is 2. The van der Waals surface area contributed by atoms with Gasteiger partial charge in [0.05, 0.1) is 0 Å². The average molecular weight is 298 g/mol. The van der Waals surface area contributed by atoms with E-state index in [9.17, 15) is 18.4 Å². The third kappa shape index (κ3) is 7.66. The lowest BCUT2D eigenvalue weighted by Crippen LogP contribution is -2.32. The first kappa shape index (κ1) is 16.6. The zero-order valence-electron chi connectivity index (χ0n) is 11.4. The molecule has 1 rings (SSSR count). The van der Waals surface area contributed by atoms with Gasteiger partial charge >= 0.3 is 6.61 Å². The van der Waals surface area contributed by atoms with Crippen molar-refractivity contribution >= 4 is 17.9 Å². The van der Waals surface area contributed by atoms with Crippen molar-refractivity contribution in [2.45, 2.75) is 13.5 Å². The van der Waals surface area contributed by atoms with E-state index in [1.54, 1.807) is 18.2 Å². The highest BCUT2D eigenvalue weighted by atomic mass is 19.3. The first-order valence-electron chi connectivity index (χ1n) is 6.22. The highest BCUT2D eigenvalue weighted by Crippen LogP contribution is 2.15. The van der Waals surface area contributed by atoms with E-state index in [2.05, 4.69) is 15.4 Å². The maximum atomic E-state index is 12.0. The van der Waals surface area contributed by atoms with Gasteiger partial charge in [0.1, 0.15) is 5.75 Å². The molecule has 0 saturated carbocycles. The number of alkyl halides is 2. The molecule has 0 fully saturated rings. The van der Waals surface area contributed by atoms with Crippen LogP contribution in [0.5, 0.6) is 5.75 Å². The van der Waals surface area contributed by atoms with Gasteiger partial charge in [-0.3, -0.25) is 9.59 Å². The van der Waals surface area contributed by atoms with Crippen LogP contribution < -0.4 is 15.4 Å². The van der Waals surface area contributed by atoms with Gasteiger partial charge in [0.25, 0.3) is 0 Å². The Morgan fingerprint density at radius 3 is 2.38 bits per heavy atom. The number of carbonyl (C=O) groups is 2. The van der Waals surface area contributed by atoms with Crippen molar-refractivity contribution < 1.29 is 23.1 Å². The monoisotopic (exact) mass is 298 g/mol. The quantitative estimate of drug-likeness (QED) is 0.593. The molecule has 0 saturated heterocycles. The summed E-state index contributed by atoms with van der Waals surface area (Å²) in [5, 5.41) is 5.12. The first-order chi connectivity index (χ1) is 9.97. The molecule has 0 aliphatic rings. The number of hydrogen-bond donors (Lipinski definition) is 2. The molecular weight excluding hydrogens is 282 g/mol. The molecule has 0 radical (unpaired) electrons. The van der Waals surface area contributed by atoms with E-state index >= 15 is 0 Å². The Morgan fingerprint density at radius 1 is 1.19 bits per heavy atom. The number of hydrogen-bond acceptors (Lipinski definition) is 3. The third-order valence-electron chi connectivity index (χ3n) is 2.33. The van der Waals surface area contributed by atoms with Crippen LogP contribution in [0, 0.1) is 0 Å². The second-order valence-corrected chi connectivity index (χ2v) is 4.05. The minimum absolute atomic E-state index is 0.0573. The maximum Gasteiger partial charge on any atom is 0.387 e. The molecule has 21 heavy (non-hydrogen) atoms. The lowest BCUT2D eigenvalue weighted by molar-refractivity contribution is -0.119. The molecule has 0 bridgehead atoms. The molecule has 5 nitrogen and oxygen atoms in total.